The highest BCUT2D eigenvalue weighted by Crippen LogP contribution is 2.15. The Bertz CT molecular complexity index is 366. The summed E-state index contributed by atoms with van der Waals surface area (Å²) in [5.41, 5.74) is 1.14. The summed E-state index contributed by atoms with van der Waals surface area (Å²) in [6, 6.07) is 10.2. The maximum absolute atomic E-state index is 11.6. The van der Waals surface area contributed by atoms with Gasteiger partial charge in [-0.2, -0.15) is 0 Å². The van der Waals surface area contributed by atoms with Crippen molar-refractivity contribution in [3.8, 4) is 0 Å². The van der Waals surface area contributed by atoms with Crippen molar-refractivity contribution in [2.45, 2.75) is 19.5 Å². The summed E-state index contributed by atoms with van der Waals surface area (Å²) in [6.07, 6.45) is 0.581. The van der Waals surface area contributed by atoms with E-state index in [0.29, 0.717) is 6.42 Å². The monoisotopic (exact) mass is 233 g/mol. The van der Waals surface area contributed by atoms with Crippen LogP contribution in [0.2, 0.25) is 0 Å². The number of amides is 1. The Morgan fingerprint density at radius 1 is 1.24 bits per heavy atom. The van der Waals surface area contributed by atoms with E-state index in [1.54, 1.807) is 0 Å². The smallest absolute Gasteiger partial charge is 0.222 e. The molecule has 2 rings (SSSR count). The molecule has 17 heavy (non-hydrogen) atoms. The second-order valence-corrected chi connectivity index (χ2v) is 4.27. The van der Waals surface area contributed by atoms with Crippen LogP contribution in [0.15, 0.2) is 30.3 Å². The average molecular weight is 233 g/mol. The van der Waals surface area contributed by atoms with E-state index in [4.69, 9.17) is 0 Å². The van der Waals surface area contributed by atoms with Crippen LogP contribution in [0, 0.1) is 0 Å². The summed E-state index contributed by atoms with van der Waals surface area (Å²) >= 11 is 0. The Morgan fingerprint density at radius 2 is 2.00 bits per heavy atom. The van der Waals surface area contributed by atoms with Gasteiger partial charge in [-0.15, -0.1) is 0 Å². The predicted molar refractivity (Wildman–Crippen MR) is 68.9 cm³/mol. The van der Waals surface area contributed by atoms with Crippen molar-refractivity contribution in [3.63, 3.8) is 0 Å². The number of rotatable bonds is 1. The summed E-state index contributed by atoms with van der Waals surface area (Å²) in [5, 5.41) is 6.29. The molecule has 1 fully saturated rings. The number of hydrogen-bond donors (Lipinski definition) is 2. The third-order valence-corrected chi connectivity index (χ3v) is 2.98. The number of carbonyl (C=O) groups excluding carboxylic acids is 1. The second kappa shape index (κ2) is 5.68. The lowest BCUT2D eigenvalue weighted by Crippen LogP contribution is -2.47. The van der Waals surface area contributed by atoms with E-state index in [1.165, 1.54) is 0 Å². The van der Waals surface area contributed by atoms with Gasteiger partial charge in [0.2, 0.25) is 5.91 Å². The van der Waals surface area contributed by atoms with Crippen molar-refractivity contribution in [2.75, 3.05) is 24.5 Å². The quantitative estimate of drug-likeness (QED) is 0.759. The van der Waals surface area contributed by atoms with Crippen LogP contribution in [-0.2, 0) is 4.79 Å². The van der Waals surface area contributed by atoms with E-state index < -0.39 is 0 Å². The molecule has 1 aromatic rings. The Kier molecular flexibility index (Phi) is 3.98. The van der Waals surface area contributed by atoms with Crippen LogP contribution >= 0.6 is 0 Å². The fourth-order valence-corrected chi connectivity index (χ4v) is 2.08. The van der Waals surface area contributed by atoms with Gasteiger partial charge in [-0.3, -0.25) is 4.79 Å². The van der Waals surface area contributed by atoms with Gasteiger partial charge in [-0.05, 0) is 19.1 Å². The second-order valence-electron chi connectivity index (χ2n) is 4.27. The van der Waals surface area contributed by atoms with Crippen LogP contribution in [0.4, 0.5) is 5.69 Å². The molecule has 0 bridgehead atoms. The number of para-hydroxylation sites is 1. The summed E-state index contributed by atoms with van der Waals surface area (Å²) in [4.78, 5) is 13.8. The van der Waals surface area contributed by atoms with E-state index in [9.17, 15) is 4.79 Å². The minimum atomic E-state index is 0.0322. The highest BCUT2D eigenvalue weighted by atomic mass is 16.1. The highest BCUT2D eigenvalue weighted by Gasteiger charge is 2.17. The third-order valence-electron chi connectivity index (χ3n) is 2.98. The number of nitrogens with zero attached hydrogens (tertiary/aromatic N) is 1. The van der Waals surface area contributed by atoms with Gasteiger partial charge >= 0.3 is 0 Å². The first-order valence-corrected chi connectivity index (χ1v) is 6.09. The molecule has 1 atom stereocenters. The first-order chi connectivity index (χ1) is 8.27. The number of anilines is 1. The fourth-order valence-electron chi connectivity index (χ4n) is 2.08. The van der Waals surface area contributed by atoms with Gasteiger partial charge in [-0.1, -0.05) is 18.2 Å². The topological polar surface area (TPSA) is 44.4 Å². The van der Waals surface area contributed by atoms with Gasteiger partial charge in [-0.25, -0.2) is 0 Å². The molecule has 1 heterocycles. The van der Waals surface area contributed by atoms with Crippen molar-refractivity contribution in [1.29, 1.82) is 0 Å². The number of hydrogen-bond acceptors (Lipinski definition) is 3. The molecule has 1 aromatic carbocycles. The molecule has 0 radical (unpaired) electrons. The van der Waals surface area contributed by atoms with Crippen molar-refractivity contribution in [1.82, 2.24) is 10.6 Å². The van der Waals surface area contributed by atoms with Crippen LogP contribution in [-0.4, -0.2) is 31.7 Å². The molecule has 0 aromatic heterocycles. The number of carbonyl (C=O) groups is 1. The van der Waals surface area contributed by atoms with Crippen LogP contribution in [0.3, 0.4) is 0 Å². The van der Waals surface area contributed by atoms with Gasteiger partial charge in [0, 0.05) is 31.7 Å². The molecule has 0 saturated carbocycles. The molecule has 1 aliphatic heterocycles. The fraction of sp³-hybridized carbons (Fsp3) is 0.462. The lowest BCUT2D eigenvalue weighted by Gasteiger charge is -2.31. The zero-order chi connectivity index (χ0) is 12.1. The van der Waals surface area contributed by atoms with Gasteiger partial charge < -0.3 is 15.5 Å². The molecule has 1 unspecified atom stereocenters. The van der Waals surface area contributed by atoms with Crippen molar-refractivity contribution < 1.29 is 4.79 Å². The number of benzene rings is 1. The maximum atomic E-state index is 11.6. The summed E-state index contributed by atoms with van der Waals surface area (Å²) < 4.78 is 0. The van der Waals surface area contributed by atoms with E-state index in [1.807, 2.05) is 25.1 Å². The van der Waals surface area contributed by atoms with Crippen molar-refractivity contribution in [3.05, 3.63) is 30.3 Å². The maximum Gasteiger partial charge on any atom is 0.222 e. The molecule has 1 saturated heterocycles. The Morgan fingerprint density at radius 3 is 2.76 bits per heavy atom. The van der Waals surface area contributed by atoms with Crippen LogP contribution in [0.25, 0.3) is 0 Å². The molecular formula is C13H19N3O. The normalized spacial score (nSPS) is 22.3. The molecule has 92 valence electrons. The molecule has 1 aliphatic rings. The molecule has 4 heteroatoms. The molecule has 4 nitrogen and oxygen atoms in total. The lowest BCUT2D eigenvalue weighted by atomic mass is 10.2. The Hall–Kier alpha value is -1.55. The van der Waals surface area contributed by atoms with E-state index in [-0.39, 0.29) is 12.1 Å². The summed E-state index contributed by atoms with van der Waals surface area (Å²) in [7, 11) is 0. The minimum absolute atomic E-state index is 0.0322. The zero-order valence-corrected chi connectivity index (χ0v) is 10.1. The summed E-state index contributed by atoms with van der Waals surface area (Å²) in [5.74, 6) is 0.104. The van der Waals surface area contributed by atoms with E-state index in [0.717, 1.165) is 25.3 Å². The Labute approximate surface area is 102 Å². The standard InChI is InChI=1S/C13H19N3O/c1-11-15-13(17)7-8-14-9-10-16(11)12-5-3-2-4-6-12/h2-6,11,14H,7-10H2,1H3,(H,15,17). The first-order valence-electron chi connectivity index (χ1n) is 6.09. The minimum Gasteiger partial charge on any atom is -0.350 e. The molecule has 0 spiro atoms. The summed E-state index contributed by atoms with van der Waals surface area (Å²) in [6.45, 7) is 4.57. The lowest BCUT2D eigenvalue weighted by molar-refractivity contribution is -0.121. The molecular weight excluding hydrogens is 214 g/mol. The van der Waals surface area contributed by atoms with Crippen LogP contribution in [0.5, 0.6) is 0 Å². The van der Waals surface area contributed by atoms with E-state index >= 15 is 0 Å². The molecule has 1 amide bonds. The first kappa shape index (κ1) is 11.9. The van der Waals surface area contributed by atoms with Gasteiger partial charge in [0.15, 0.2) is 0 Å². The largest absolute Gasteiger partial charge is 0.350 e. The molecule has 0 aliphatic carbocycles. The van der Waals surface area contributed by atoms with Crippen LogP contribution < -0.4 is 15.5 Å². The third kappa shape index (κ3) is 3.20. The highest BCUT2D eigenvalue weighted by molar-refractivity contribution is 5.76. The molecule has 2 N–H and O–H groups in total. The van der Waals surface area contributed by atoms with Gasteiger partial charge in [0.1, 0.15) is 0 Å². The van der Waals surface area contributed by atoms with Crippen molar-refractivity contribution >= 4 is 11.6 Å². The van der Waals surface area contributed by atoms with Gasteiger partial charge in [0.05, 0.1) is 6.17 Å². The van der Waals surface area contributed by atoms with Crippen LogP contribution in [0.1, 0.15) is 13.3 Å². The van der Waals surface area contributed by atoms with Crippen molar-refractivity contribution in [2.24, 2.45) is 0 Å². The Balaban J connectivity index is 2.14. The average Bonchev–Trinajstić information content (AvgIpc) is 2.41. The van der Waals surface area contributed by atoms with Gasteiger partial charge in [0.25, 0.3) is 0 Å². The predicted octanol–water partition coefficient (Wildman–Crippen LogP) is 0.949. The number of nitrogens with one attached hydrogen (secondary N) is 2. The SMILES string of the molecule is CC1NC(=O)CCNCCN1c1ccccc1. The zero-order valence-electron chi connectivity index (χ0n) is 10.1. The van der Waals surface area contributed by atoms with E-state index in [2.05, 4.69) is 27.7 Å².